The Morgan fingerprint density at radius 1 is 0.558 bits per heavy atom. The van der Waals surface area contributed by atoms with E-state index in [4.69, 9.17) is 34.2 Å². The molecular weight excluding hydrogens is 1010 g/mol. The number of anilines is 4. The highest BCUT2D eigenvalue weighted by Gasteiger charge is 2.47. The van der Waals surface area contributed by atoms with Crippen LogP contribution in [0.2, 0.25) is 51.4 Å². The second-order valence-electron chi connectivity index (χ2n) is 23.6. The van der Waals surface area contributed by atoms with E-state index in [1.165, 1.54) is 19.9 Å². The van der Waals surface area contributed by atoms with Crippen LogP contribution in [0.25, 0.3) is 11.1 Å². The molecule has 0 bridgehead atoms. The predicted molar refractivity (Wildman–Crippen MR) is 309 cm³/mol. The fraction of sp³-hybridized carbons (Fsp3) is 0.467. The van der Waals surface area contributed by atoms with Gasteiger partial charge in [-0.05, 0) is 90.6 Å². The van der Waals surface area contributed by atoms with Crippen molar-refractivity contribution in [2.45, 2.75) is 70.6 Å². The quantitative estimate of drug-likeness (QED) is 0.0477. The molecule has 1 saturated heterocycles. The van der Waals surface area contributed by atoms with Crippen LogP contribution in [-0.4, -0.2) is 132 Å². The topological polar surface area (TPSA) is 163 Å². The number of ether oxygens (including phenoxy) is 6. The molecule has 4 aromatic rings. The third-order valence-electron chi connectivity index (χ3n) is 15.6. The summed E-state index contributed by atoms with van der Waals surface area (Å²) < 4.78 is 37.0. The summed E-state index contributed by atoms with van der Waals surface area (Å²) in [7, 11) is 2.32. The van der Waals surface area contributed by atoms with Crippen LogP contribution in [0.4, 0.5) is 22.7 Å². The first-order valence-corrected chi connectivity index (χ1v) is 34.6. The number of nitrogens with zero attached hydrogens (tertiary/aromatic N) is 4. The first-order chi connectivity index (χ1) is 36.8. The largest absolute Gasteiger partial charge is 0.493 e. The molecule has 3 aliphatic heterocycles. The van der Waals surface area contributed by atoms with Gasteiger partial charge in [0.25, 0.3) is 0 Å². The summed E-state index contributed by atoms with van der Waals surface area (Å²) in [6, 6.07) is 24.6. The number of Topliss-reactive ketones (excluding diaryl/α,β-unsaturated/α-hetero) is 2. The number of fused-ring (bicyclic) bond motifs is 4. The molecule has 17 heteroatoms. The lowest BCUT2D eigenvalue weighted by Crippen LogP contribution is -2.44. The van der Waals surface area contributed by atoms with Gasteiger partial charge in [0.15, 0.2) is 34.6 Å². The van der Waals surface area contributed by atoms with Crippen molar-refractivity contribution in [3.63, 3.8) is 0 Å². The van der Waals surface area contributed by atoms with Crippen molar-refractivity contribution in [3.05, 3.63) is 107 Å². The number of carbonyl (C=O) groups is 4. The van der Waals surface area contributed by atoms with E-state index in [1.807, 2.05) is 36.4 Å². The number of carbonyl (C=O) groups excluding carboxylic acids is 4. The average molecular weight is 1080 g/mol. The number of hydrogen-bond donors (Lipinski definition) is 1. The number of benzene rings is 4. The van der Waals surface area contributed by atoms with Crippen molar-refractivity contribution in [2.75, 3.05) is 108 Å². The Balaban J connectivity index is 0.927. The van der Waals surface area contributed by atoms with Gasteiger partial charge in [0.1, 0.15) is 13.5 Å². The monoisotopic (exact) mass is 1080 g/mol. The van der Waals surface area contributed by atoms with E-state index in [1.54, 1.807) is 34.1 Å². The molecule has 15 nitrogen and oxygen atoms in total. The fourth-order valence-corrected chi connectivity index (χ4v) is 12.4. The number of likely N-dealkylation sites (N-methyl/N-ethyl adjacent to an activating group) is 1. The van der Waals surface area contributed by atoms with Crippen LogP contribution >= 0.6 is 0 Å². The number of amides is 2. The van der Waals surface area contributed by atoms with Gasteiger partial charge in [-0.25, -0.2) is 0 Å². The van der Waals surface area contributed by atoms with Crippen molar-refractivity contribution >= 4 is 73.4 Å². The zero-order valence-electron chi connectivity index (χ0n) is 46.4. The highest BCUT2D eigenvalue weighted by Crippen LogP contribution is 2.48. The summed E-state index contributed by atoms with van der Waals surface area (Å²) in [4.78, 5) is 66.7. The zero-order valence-corrected chi connectivity index (χ0v) is 48.4. The number of nitrogens with two attached hydrogens (primary N) is 1. The van der Waals surface area contributed by atoms with Gasteiger partial charge < -0.3 is 44.0 Å². The Bertz CT molecular complexity index is 2910. The predicted octanol–water partition coefficient (Wildman–Crippen LogP) is 10.0. The number of piperazine rings is 1. The van der Waals surface area contributed by atoms with Crippen LogP contribution in [0.5, 0.6) is 23.0 Å². The molecule has 2 N–H and O–H groups in total. The molecule has 0 spiro atoms. The number of methoxy groups -OCH3 is 2. The molecule has 3 heterocycles. The lowest BCUT2D eigenvalue weighted by molar-refractivity contribution is -0.124. The number of ketones is 2. The van der Waals surface area contributed by atoms with Gasteiger partial charge in [-0.3, -0.25) is 29.0 Å². The molecule has 2 aliphatic carbocycles. The van der Waals surface area contributed by atoms with E-state index >= 15 is 0 Å². The summed E-state index contributed by atoms with van der Waals surface area (Å²) >= 11 is 0. The minimum atomic E-state index is -1.45. The molecule has 4 aromatic carbocycles. The van der Waals surface area contributed by atoms with Crippen molar-refractivity contribution in [1.82, 2.24) is 4.90 Å². The van der Waals surface area contributed by atoms with E-state index in [2.05, 4.69) is 80.4 Å². The Morgan fingerprint density at radius 2 is 0.987 bits per heavy atom. The molecule has 9 rings (SSSR count). The number of rotatable bonds is 21. The maximum atomic E-state index is 14.8. The molecule has 0 aromatic heterocycles. The lowest BCUT2D eigenvalue weighted by Gasteiger charge is -2.34. The Kier molecular flexibility index (Phi) is 16.9. The molecule has 77 heavy (non-hydrogen) atoms. The first kappa shape index (κ1) is 55.5. The van der Waals surface area contributed by atoms with E-state index in [0.717, 1.165) is 60.5 Å². The normalized spacial score (nSPS) is 20.7. The Labute approximate surface area is 456 Å². The van der Waals surface area contributed by atoms with Gasteiger partial charge in [-0.2, -0.15) is 0 Å². The van der Waals surface area contributed by atoms with Gasteiger partial charge >= 0.3 is 0 Å². The maximum absolute atomic E-state index is 14.8. The van der Waals surface area contributed by atoms with Crippen LogP contribution in [-0.2, 0) is 19.1 Å². The van der Waals surface area contributed by atoms with Crippen LogP contribution in [0.15, 0.2) is 84.9 Å². The van der Waals surface area contributed by atoms with Gasteiger partial charge in [0.2, 0.25) is 11.8 Å². The van der Waals surface area contributed by atoms with E-state index < -0.39 is 39.8 Å². The smallest absolute Gasteiger partial charge is 0.233 e. The van der Waals surface area contributed by atoms with Crippen molar-refractivity contribution < 1.29 is 47.6 Å². The van der Waals surface area contributed by atoms with Gasteiger partial charge in [0, 0.05) is 96.6 Å². The Morgan fingerprint density at radius 3 is 1.40 bits per heavy atom. The molecule has 0 saturated carbocycles. The molecule has 410 valence electrons. The maximum Gasteiger partial charge on any atom is 0.233 e. The molecular formula is C60H77N5O10Si2. The summed E-state index contributed by atoms with van der Waals surface area (Å²) in [5, 5.41) is 0. The third-order valence-corrected chi connectivity index (χ3v) is 19.0. The molecule has 0 radical (unpaired) electrons. The molecule has 2 amide bonds. The summed E-state index contributed by atoms with van der Waals surface area (Å²) in [6.45, 7) is 19.0. The summed E-state index contributed by atoms with van der Waals surface area (Å²) in [5.74, 6) is -1.79. The van der Waals surface area contributed by atoms with Crippen molar-refractivity contribution in [1.29, 1.82) is 0 Å². The second kappa shape index (κ2) is 23.4. The highest BCUT2D eigenvalue weighted by atomic mass is 28.3. The number of hydrogen-bond acceptors (Lipinski definition) is 13. The Hall–Kier alpha value is -6.25. The van der Waals surface area contributed by atoms with Crippen molar-refractivity contribution in [2.24, 2.45) is 23.7 Å². The van der Waals surface area contributed by atoms with Crippen molar-refractivity contribution in [3.8, 4) is 23.0 Å². The summed E-state index contributed by atoms with van der Waals surface area (Å²) in [6.07, 6.45) is 5.15. The molecule has 4 atom stereocenters. The van der Waals surface area contributed by atoms with Gasteiger partial charge in [0.05, 0.1) is 62.5 Å². The molecule has 1 fully saturated rings. The van der Waals surface area contributed by atoms with E-state index in [-0.39, 0.29) is 50.1 Å². The zero-order chi connectivity index (χ0) is 54.8. The average Bonchev–Trinajstić information content (AvgIpc) is 4.07. The van der Waals surface area contributed by atoms with Gasteiger partial charge in [-0.15, -0.1) is 0 Å². The van der Waals surface area contributed by atoms with Crippen LogP contribution in [0, 0.1) is 23.7 Å². The first-order valence-electron chi connectivity index (χ1n) is 27.2. The molecule has 5 aliphatic rings. The number of allylic oxidation sites excluding steroid dienone is 4. The lowest BCUT2D eigenvalue weighted by atomic mass is 9.88. The number of nitrogen functional groups attached to an aromatic ring is 1. The van der Waals surface area contributed by atoms with Crippen LogP contribution < -0.4 is 39.4 Å². The minimum Gasteiger partial charge on any atom is -0.493 e. The van der Waals surface area contributed by atoms with E-state index in [0.29, 0.717) is 83.7 Å². The summed E-state index contributed by atoms with van der Waals surface area (Å²) in [5.41, 5.74) is 13.2. The van der Waals surface area contributed by atoms with E-state index in [9.17, 15) is 19.2 Å². The third kappa shape index (κ3) is 12.5. The van der Waals surface area contributed by atoms with Crippen LogP contribution in [0.1, 0.15) is 51.1 Å². The van der Waals surface area contributed by atoms with Gasteiger partial charge in [-0.1, -0.05) is 75.7 Å². The SMILES string of the molecule is COc1cc2c(cc1OCCCOc1cc3c(cc1OC)C(=O)C1C=C(c4ccc(N5CCN(C)CC5)cc4)C[C@H]1C(=O)N3COCC[Si](C)(C)C)N(COCC[Si](C)(C)C)C(=O)[C@@H]1CC(c3ccc(N)cc3)=CC1C2=O. The second-order valence-corrected chi connectivity index (χ2v) is 34.8. The standard InChI is InChI=1S/C60H77N5O10Si2/c1-62-19-21-63(22-20-62)44-17-13-40(14-18-44)42-30-46-48(32-42)60(69)65(38-73-26-28-77(7,8)9)52-36-56(54(71-3)34-50(52)58(46)67)75-24-10-23-74-55-35-51-49(33-53(55)70-2)57(66)45-29-41(39-11-15-43(61)16-12-39)31-47(45)59(68)64(51)37-72-25-27-76(4,5)6/h11-18,29-30,33-36,45-48H,10,19-28,31-32,37-38,61H2,1-9H3/t45?,46?,47-,48-/m1/s1. The fourth-order valence-electron chi connectivity index (χ4n) is 10.8. The molecule has 2 unspecified atom stereocenters. The highest BCUT2D eigenvalue weighted by molar-refractivity contribution is 6.76. The van der Waals surface area contributed by atoms with Crippen LogP contribution in [0.3, 0.4) is 0 Å². The minimum absolute atomic E-state index is 0.00796.